The maximum absolute atomic E-state index is 12.4. The van der Waals surface area contributed by atoms with Crippen molar-refractivity contribution in [2.45, 2.75) is 52.5 Å². The topological polar surface area (TPSA) is 130 Å². The van der Waals surface area contributed by atoms with Crippen molar-refractivity contribution >= 4 is 57.1 Å². The summed E-state index contributed by atoms with van der Waals surface area (Å²) in [7, 11) is 0. The fourth-order valence-electron chi connectivity index (χ4n) is 3.63. The number of aryl methyl sites for hydroxylation is 1. The minimum absolute atomic E-state index is 0.190. The molecule has 3 aromatic heterocycles. The molecule has 5 rings (SSSR count). The van der Waals surface area contributed by atoms with Crippen molar-refractivity contribution in [1.82, 2.24) is 15.3 Å². The smallest absolute Gasteiger partial charge is 0.332 e. The molecule has 35 heavy (non-hydrogen) atoms. The number of hydrogen-bond acceptors (Lipinski definition) is 6. The first-order chi connectivity index (χ1) is 17.0. The summed E-state index contributed by atoms with van der Waals surface area (Å²) in [5, 5.41) is 6.69. The average molecular weight is 497 g/mol. The molecule has 1 fully saturated rings. The molecule has 4 N–H and O–H groups in total. The van der Waals surface area contributed by atoms with Gasteiger partial charge in [-0.05, 0) is 44.0 Å². The van der Waals surface area contributed by atoms with Crippen molar-refractivity contribution in [2.75, 3.05) is 10.2 Å². The molecule has 1 aliphatic carbocycles. The van der Waals surface area contributed by atoms with Gasteiger partial charge in [0.2, 0.25) is 12.3 Å². The summed E-state index contributed by atoms with van der Waals surface area (Å²) >= 11 is 1.58. The molecule has 0 spiro atoms. The van der Waals surface area contributed by atoms with Gasteiger partial charge in [-0.25, -0.2) is 19.7 Å². The van der Waals surface area contributed by atoms with E-state index in [1.165, 1.54) is 25.7 Å². The lowest BCUT2D eigenvalue weighted by molar-refractivity contribution is -0.113. The highest BCUT2D eigenvalue weighted by atomic mass is 32.1. The van der Waals surface area contributed by atoms with Crippen LogP contribution >= 0.6 is 11.3 Å². The third kappa shape index (κ3) is 7.10. The van der Waals surface area contributed by atoms with E-state index in [0.717, 1.165) is 39.0 Å². The lowest BCUT2D eigenvalue weighted by Gasteiger charge is -2.27. The largest absolute Gasteiger partial charge is 0.366 e. The summed E-state index contributed by atoms with van der Waals surface area (Å²) in [5.41, 5.74) is 6.23. The predicted octanol–water partition coefficient (Wildman–Crippen LogP) is 5.04. The number of amides is 4. The summed E-state index contributed by atoms with van der Waals surface area (Å²) in [6, 6.07) is 7.66. The monoisotopic (exact) mass is 496 g/mol. The van der Waals surface area contributed by atoms with Crippen LogP contribution in [0.25, 0.3) is 10.2 Å². The van der Waals surface area contributed by atoms with E-state index in [0.29, 0.717) is 11.9 Å². The van der Waals surface area contributed by atoms with Crippen LogP contribution in [0, 0.1) is 6.92 Å². The van der Waals surface area contributed by atoms with Crippen molar-refractivity contribution in [3.8, 4) is 0 Å². The van der Waals surface area contributed by atoms with Crippen LogP contribution in [0.15, 0.2) is 49.3 Å². The van der Waals surface area contributed by atoms with E-state index < -0.39 is 5.91 Å². The van der Waals surface area contributed by atoms with Crippen LogP contribution in [-0.4, -0.2) is 34.4 Å². The van der Waals surface area contributed by atoms with Gasteiger partial charge < -0.3 is 16.4 Å². The fraction of sp³-hybridized carbons (Fsp3) is 0.320. The van der Waals surface area contributed by atoms with Crippen LogP contribution in [0.2, 0.25) is 0 Å². The Bertz CT molecular complexity index is 1140. The molecule has 10 heteroatoms. The number of nitrogens with two attached hydrogens (primary N) is 1. The van der Waals surface area contributed by atoms with Crippen LogP contribution in [-0.2, 0) is 9.59 Å². The first kappa shape index (κ1) is 27.5. The van der Waals surface area contributed by atoms with Crippen molar-refractivity contribution in [3.63, 3.8) is 0 Å². The van der Waals surface area contributed by atoms with E-state index in [2.05, 4.69) is 32.9 Å². The fourth-order valence-corrected chi connectivity index (χ4v) is 4.60. The quantitative estimate of drug-likeness (QED) is 0.344. The molecule has 186 valence electrons. The number of primary amides is 1. The van der Waals surface area contributed by atoms with Gasteiger partial charge in [0, 0.05) is 23.3 Å². The maximum Gasteiger partial charge on any atom is 0.332 e. The Morgan fingerprint density at radius 3 is 2.49 bits per heavy atom. The Kier molecular flexibility index (Phi) is 10.8. The molecule has 4 amide bonds. The third-order valence-corrected chi connectivity index (χ3v) is 6.17. The van der Waals surface area contributed by atoms with E-state index in [1.54, 1.807) is 28.6 Å². The number of pyridine rings is 2. The van der Waals surface area contributed by atoms with Crippen molar-refractivity contribution in [2.24, 2.45) is 5.73 Å². The van der Waals surface area contributed by atoms with Crippen LogP contribution in [0.5, 0.6) is 0 Å². The Morgan fingerprint density at radius 2 is 1.91 bits per heavy atom. The average Bonchev–Trinajstić information content (AvgIpc) is 3.50. The van der Waals surface area contributed by atoms with Crippen LogP contribution in [0.1, 0.15) is 44.4 Å². The Morgan fingerprint density at radius 1 is 1.23 bits per heavy atom. The zero-order chi connectivity index (χ0) is 25.8. The molecule has 0 bridgehead atoms. The lowest BCUT2D eigenvalue weighted by Crippen LogP contribution is -2.34. The summed E-state index contributed by atoms with van der Waals surface area (Å²) in [4.78, 5) is 44.0. The summed E-state index contributed by atoms with van der Waals surface area (Å²) in [5.74, 6) is 0.122. The highest BCUT2D eigenvalue weighted by Gasteiger charge is 2.30. The number of urea groups is 1. The number of carbonyl (C=O) groups is 3. The highest BCUT2D eigenvalue weighted by molar-refractivity contribution is 7.19. The first-order valence-electron chi connectivity index (χ1n) is 11.5. The second-order valence-corrected chi connectivity index (χ2v) is 8.57. The van der Waals surface area contributed by atoms with E-state index in [-0.39, 0.29) is 6.03 Å². The molecule has 0 aromatic carbocycles. The van der Waals surface area contributed by atoms with Crippen LogP contribution in [0.4, 0.5) is 22.0 Å². The minimum atomic E-state index is -0.481. The summed E-state index contributed by atoms with van der Waals surface area (Å²) < 4.78 is 0. The van der Waals surface area contributed by atoms with Gasteiger partial charge in [-0.15, -0.1) is 11.3 Å². The molecule has 0 radical (unpaired) electrons. The number of thiophene rings is 1. The second-order valence-electron chi connectivity index (χ2n) is 7.37. The Labute approximate surface area is 209 Å². The predicted molar refractivity (Wildman–Crippen MR) is 142 cm³/mol. The SMILES string of the molecule is C=CC(N)=O.CC.Cc1sc2nccc3c2c1NC(=O)N3c1ccccn1.O=CNC1CCCC1. The van der Waals surface area contributed by atoms with Gasteiger partial charge in [-0.2, -0.15) is 0 Å². The van der Waals surface area contributed by atoms with Gasteiger partial charge >= 0.3 is 6.03 Å². The number of aromatic nitrogens is 2. The van der Waals surface area contributed by atoms with E-state index in [1.807, 2.05) is 45.0 Å². The Hall–Kier alpha value is -3.79. The van der Waals surface area contributed by atoms with E-state index >= 15 is 0 Å². The van der Waals surface area contributed by atoms with Gasteiger partial charge in [-0.3, -0.25) is 9.59 Å². The number of rotatable bonds is 4. The van der Waals surface area contributed by atoms with E-state index in [9.17, 15) is 14.4 Å². The highest BCUT2D eigenvalue weighted by Crippen LogP contribution is 2.44. The minimum Gasteiger partial charge on any atom is -0.366 e. The number of anilines is 3. The van der Waals surface area contributed by atoms with E-state index in [4.69, 9.17) is 0 Å². The molecule has 0 saturated heterocycles. The van der Waals surface area contributed by atoms with Crippen LogP contribution in [0.3, 0.4) is 0 Å². The molecule has 1 aliphatic heterocycles. The Balaban J connectivity index is 0.000000239. The molecular weight excluding hydrogens is 464 g/mol. The molecule has 0 atom stereocenters. The first-order valence-corrected chi connectivity index (χ1v) is 12.3. The third-order valence-electron chi connectivity index (χ3n) is 5.16. The van der Waals surface area contributed by atoms with Gasteiger partial charge in [0.1, 0.15) is 10.6 Å². The van der Waals surface area contributed by atoms with Gasteiger partial charge in [0.05, 0.1) is 16.8 Å². The molecule has 4 heterocycles. The van der Waals surface area contributed by atoms with Crippen molar-refractivity contribution < 1.29 is 14.4 Å². The summed E-state index contributed by atoms with van der Waals surface area (Å²) in [6.07, 6.45) is 10.2. The van der Waals surface area contributed by atoms with Crippen molar-refractivity contribution in [3.05, 3.63) is 54.2 Å². The van der Waals surface area contributed by atoms with Gasteiger partial charge in [0.15, 0.2) is 0 Å². The van der Waals surface area contributed by atoms with Gasteiger partial charge in [0.25, 0.3) is 0 Å². The molecule has 0 unspecified atom stereocenters. The van der Waals surface area contributed by atoms with Gasteiger partial charge in [-0.1, -0.05) is 39.3 Å². The second kappa shape index (κ2) is 13.8. The number of hydrogen-bond donors (Lipinski definition) is 3. The molecule has 2 aliphatic rings. The maximum atomic E-state index is 12.4. The molecular formula is C25H32N6O3S. The summed E-state index contributed by atoms with van der Waals surface area (Å²) in [6.45, 7) is 9.07. The normalized spacial score (nSPS) is 13.7. The lowest BCUT2D eigenvalue weighted by atomic mass is 10.1. The molecule has 3 aromatic rings. The van der Waals surface area contributed by atoms with Crippen molar-refractivity contribution in [1.29, 1.82) is 0 Å². The number of nitrogens with one attached hydrogen (secondary N) is 2. The standard InChI is InChI=1S/C14H10N4OS.C6H11NO.C3H5NO.C2H6/c1-8-12-11-9(5-7-16-13(11)20-8)18(14(19)17-12)10-4-2-3-6-15-10;8-5-7-6-3-1-2-4-6;1-2-3(4)5;1-2/h2-7H,1H3,(H,17,19);5-6H,1-4H2,(H,7,8);2H,1H2,(H2,4,5);1-2H3. The zero-order valence-electron chi connectivity index (χ0n) is 20.3. The zero-order valence-corrected chi connectivity index (χ0v) is 21.1. The molecule has 9 nitrogen and oxygen atoms in total. The number of nitrogens with zero attached hydrogens (tertiary/aromatic N) is 3. The number of carbonyl (C=O) groups excluding carboxylic acids is 3. The van der Waals surface area contributed by atoms with Crippen LogP contribution < -0.4 is 21.3 Å². The molecule has 1 saturated carbocycles.